The van der Waals surface area contributed by atoms with Crippen LogP contribution >= 0.6 is 12.2 Å². The Morgan fingerprint density at radius 3 is 2.10 bits per heavy atom. The van der Waals surface area contributed by atoms with Gasteiger partial charge < -0.3 is 4.98 Å². The number of nitrogens with zero attached hydrogens (tertiary/aromatic N) is 1. The summed E-state index contributed by atoms with van der Waals surface area (Å²) in [6.07, 6.45) is 0. The monoisotopic (exact) mass is 298 g/mol. The van der Waals surface area contributed by atoms with Gasteiger partial charge in [0.05, 0.1) is 0 Å². The number of halogens is 3. The molecule has 1 heterocycles. The topological polar surface area (TPSA) is 28.7 Å². The van der Waals surface area contributed by atoms with Gasteiger partial charge in [0.15, 0.2) is 17.5 Å². The number of hydrogen-bond acceptors (Lipinski definition) is 2. The molecule has 0 spiro atoms. The Morgan fingerprint density at radius 2 is 1.60 bits per heavy atom. The van der Waals surface area contributed by atoms with Crippen molar-refractivity contribution in [3.63, 3.8) is 0 Å². The van der Waals surface area contributed by atoms with Gasteiger partial charge in [-0.2, -0.15) is 0 Å². The first-order valence-electron chi connectivity index (χ1n) is 5.95. The van der Waals surface area contributed by atoms with Gasteiger partial charge in [0.25, 0.3) is 0 Å². The van der Waals surface area contributed by atoms with E-state index in [0.29, 0.717) is 16.2 Å². The van der Waals surface area contributed by atoms with Crippen molar-refractivity contribution in [2.45, 2.75) is 26.2 Å². The lowest BCUT2D eigenvalue weighted by Gasteiger charge is -2.18. The van der Waals surface area contributed by atoms with E-state index in [2.05, 4.69) is 9.97 Å². The van der Waals surface area contributed by atoms with Crippen molar-refractivity contribution in [2.75, 3.05) is 0 Å². The second-order valence-corrected chi connectivity index (χ2v) is 5.90. The van der Waals surface area contributed by atoms with Gasteiger partial charge in [-0.1, -0.05) is 33.0 Å². The van der Waals surface area contributed by atoms with Crippen LogP contribution in [0.15, 0.2) is 18.2 Å². The maximum Gasteiger partial charge on any atom is 0.194 e. The van der Waals surface area contributed by atoms with E-state index in [4.69, 9.17) is 12.2 Å². The number of H-pyrrole nitrogens is 1. The third-order valence-electron chi connectivity index (χ3n) is 2.75. The lowest BCUT2D eigenvalue weighted by molar-refractivity contribution is 0.447. The van der Waals surface area contributed by atoms with Crippen LogP contribution in [0.2, 0.25) is 0 Å². The largest absolute Gasteiger partial charge is 0.343 e. The Labute approximate surface area is 119 Å². The van der Waals surface area contributed by atoms with Crippen molar-refractivity contribution in [2.24, 2.45) is 0 Å². The summed E-state index contributed by atoms with van der Waals surface area (Å²) in [5.41, 5.74) is 0.272. The van der Waals surface area contributed by atoms with Crippen LogP contribution in [0.4, 0.5) is 13.2 Å². The molecule has 20 heavy (non-hydrogen) atoms. The Morgan fingerprint density at radius 1 is 1.05 bits per heavy atom. The first-order valence-corrected chi connectivity index (χ1v) is 6.36. The zero-order chi connectivity index (χ0) is 15.1. The van der Waals surface area contributed by atoms with Crippen molar-refractivity contribution in [1.82, 2.24) is 9.97 Å². The minimum atomic E-state index is -1.49. The van der Waals surface area contributed by atoms with E-state index in [0.717, 1.165) is 12.1 Å². The molecular formula is C14H13F3N2S. The van der Waals surface area contributed by atoms with Gasteiger partial charge in [-0.25, -0.2) is 18.2 Å². The summed E-state index contributed by atoms with van der Waals surface area (Å²) in [4.78, 5) is 7.17. The second-order valence-electron chi connectivity index (χ2n) is 5.49. The summed E-state index contributed by atoms with van der Waals surface area (Å²) in [5.74, 6) is -3.38. The van der Waals surface area contributed by atoms with Crippen LogP contribution < -0.4 is 0 Å². The van der Waals surface area contributed by atoms with Crippen LogP contribution in [0.5, 0.6) is 0 Å². The molecule has 2 aromatic rings. The minimum Gasteiger partial charge on any atom is -0.343 e. The van der Waals surface area contributed by atoms with E-state index in [1.807, 2.05) is 20.8 Å². The molecule has 2 rings (SSSR count). The van der Waals surface area contributed by atoms with Crippen molar-refractivity contribution in [1.29, 1.82) is 0 Å². The average Bonchev–Trinajstić information content (AvgIpc) is 2.33. The predicted molar refractivity (Wildman–Crippen MR) is 73.4 cm³/mol. The Hall–Kier alpha value is -1.69. The molecular weight excluding hydrogens is 285 g/mol. The summed E-state index contributed by atoms with van der Waals surface area (Å²) >= 11 is 5.05. The molecule has 1 aromatic carbocycles. The smallest absolute Gasteiger partial charge is 0.194 e. The molecule has 0 aliphatic rings. The van der Waals surface area contributed by atoms with Crippen molar-refractivity contribution in [3.05, 3.63) is 46.1 Å². The summed E-state index contributed by atoms with van der Waals surface area (Å²) in [5, 5.41) is 0. The summed E-state index contributed by atoms with van der Waals surface area (Å²) in [7, 11) is 0. The predicted octanol–water partition coefficient (Wildman–Crippen LogP) is 4.52. The molecule has 0 radical (unpaired) electrons. The molecule has 2 nitrogen and oxygen atoms in total. The van der Waals surface area contributed by atoms with Gasteiger partial charge in [0, 0.05) is 16.7 Å². The van der Waals surface area contributed by atoms with E-state index in [1.54, 1.807) is 0 Å². The van der Waals surface area contributed by atoms with Crippen molar-refractivity contribution < 1.29 is 13.2 Å². The van der Waals surface area contributed by atoms with Gasteiger partial charge in [0.2, 0.25) is 0 Å². The Bertz CT molecular complexity index is 694. The number of benzene rings is 1. The Kier molecular flexibility index (Phi) is 3.69. The number of hydrogen-bond donors (Lipinski definition) is 1. The first kappa shape index (κ1) is 14.7. The van der Waals surface area contributed by atoms with Crippen LogP contribution in [0, 0.1) is 22.1 Å². The number of nitrogens with one attached hydrogen (secondary N) is 1. The maximum absolute atomic E-state index is 13.3. The van der Waals surface area contributed by atoms with Gasteiger partial charge in [-0.15, -0.1) is 0 Å². The number of rotatable bonds is 1. The summed E-state index contributed by atoms with van der Waals surface area (Å²) in [6.45, 7) is 5.78. The first-order chi connectivity index (χ1) is 9.18. The molecule has 0 saturated heterocycles. The highest BCUT2D eigenvalue weighted by atomic mass is 32.1. The molecule has 0 unspecified atom stereocenters. The molecule has 0 saturated carbocycles. The molecule has 1 aromatic heterocycles. The van der Waals surface area contributed by atoms with Gasteiger partial charge >= 0.3 is 0 Å². The van der Waals surface area contributed by atoms with E-state index < -0.39 is 17.5 Å². The summed E-state index contributed by atoms with van der Waals surface area (Å²) in [6, 6.07) is 3.33. The SMILES string of the molecule is CC(C)(C)c1nc(=S)cc(-c2cc(F)c(F)c(F)c2)[nH]1. The second kappa shape index (κ2) is 5.01. The van der Waals surface area contributed by atoms with Gasteiger partial charge in [-0.3, -0.25) is 0 Å². The molecule has 1 N–H and O–H groups in total. The van der Waals surface area contributed by atoms with Crippen molar-refractivity contribution >= 4 is 12.2 Å². The standard InChI is InChI=1S/C14H13F3N2S/c1-14(2,3)13-18-10(6-11(20)19-13)7-4-8(15)12(17)9(16)5-7/h4-6H,1-3H3,(H,18,19,20). The minimum absolute atomic E-state index is 0.181. The normalized spacial score (nSPS) is 11.7. The highest BCUT2D eigenvalue weighted by molar-refractivity contribution is 7.71. The molecule has 6 heteroatoms. The zero-order valence-electron chi connectivity index (χ0n) is 11.2. The number of aromatic amines is 1. The molecule has 0 atom stereocenters. The highest BCUT2D eigenvalue weighted by Crippen LogP contribution is 2.25. The van der Waals surface area contributed by atoms with E-state index in [-0.39, 0.29) is 11.0 Å². The molecule has 106 valence electrons. The third kappa shape index (κ3) is 2.90. The average molecular weight is 298 g/mol. The lowest BCUT2D eigenvalue weighted by atomic mass is 9.95. The lowest BCUT2D eigenvalue weighted by Crippen LogP contribution is -2.16. The van der Waals surface area contributed by atoms with Crippen LogP contribution in [0.3, 0.4) is 0 Å². The van der Waals surface area contributed by atoms with Gasteiger partial charge in [-0.05, 0) is 18.2 Å². The van der Waals surface area contributed by atoms with E-state index in [1.165, 1.54) is 6.07 Å². The Balaban J connectivity index is 2.65. The molecule has 0 fully saturated rings. The molecule has 0 amide bonds. The maximum atomic E-state index is 13.3. The van der Waals surface area contributed by atoms with Crippen LogP contribution in [0.1, 0.15) is 26.6 Å². The summed E-state index contributed by atoms with van der Waals surface area (Å²) < 4.78 is 39.9. The van der Waals surface area contributed by atoms with Crippen LogP contribution in [-0.2, 0) is 5.41 Å². The molecule has 0 aliphatic heterocycles. The van der Waals surface area contributed by atoms with Crippen LogP contribution in [0.25, 0.3) is 11.3 Å². The van der Waals surface area contributed by atoms with E-state index in [9.17, 15) is 13.2 Å². The van der Waals surface area contributed by atoms with Crippen LogP contribution in [-0.4, -0.2) is 9.97 Å². The third-order valence-corrected chi connectivity index (χ3v) is 2.96. The van der Waals surface area contributed by atoms with E-state index >= 15 is 0 Å². The number of aromatic nitrogens is 2. The fourth-order valence-electron chi connectivity index (χ4n) is 1.68. The highest BCUT2D eigenvalue weighted by Gasteiger charge is 2.18. The van der Waals surface area contributed by atoms with Crippen molar-refractivity contribution in [3.8, 4) is 11.3 Å². The molecule has 0 aliphatic carbocycles. The fourth-order valence-corrected chi connectivity index (χ4v) is 1.89. The quantitative estimate of drug-likeness (QED) is 0.619. The molecule has 0 bridgehead atoms. The zero-order valence-corrected chi connectivity index (χ0v) is 12.0. The van der Waals surface area contributed by atoms with Gasteiger partial charge in [0.1, 0.15) is 10.5 Å². The fraction of sp³-hybridized carbons (Fsp3) is 0.286.